The second kappa shape index (κ2) is 11.6. The number of rotatable bonds is 7. The maximum atomic E-state index is 10.4. The lowest BCUT2D eigenvalue weighted by Crippen LogP contribution is -2.38. The Balaban J connectivity index is 0.00000338. The number of halogens is 2. The van der Waals surface area contributed by atoms with E-state index in [1.165, 1.54) is 0 Å². The van der Waals surface area contributed by atoms with E-state index in [0.29, 0.717) is 6.54 Å². The van der Waals surface area contributed by atoms with E-state index in [9.17, 15) is 5.11 Å². The van der Waals surface area contributed by atoms with Gasteiger partial charge >= 0.3 is 0 Å². The zero-order chi connectivity index (χ0) is 18.2. The van der Waals surface area contributed by atoms with Crippen LogP contribution < -0.4 is 10.1 Å². The molecule has 0 aliphatic carbocycles. The van der Waals surface area contributed by atoms with Crippen LogP contribution in [0, 0.1) is 0 Å². The van der Waals surface area contributed by atoms with Gasteiger partial charge in [0.2, 0.25) is 0 Å². The van der Waals surface area contributed by atoms with Crippen LogP contribution in [0.1, 0.15) is 23.5 Å². The molecule has 26 heavy (non-hydrogen) atoms. The number of thiophene rings is 1. The second-order valence-corrected chi connectivity index (χ2v) is 7.35. The third-order valence-electron chi connectivity index (χ3n) is 3.61. The summed E-state index contributed by atoms with van der Waals surface area (Å²) >= 11 is 7.55. The zero-order valence-corrected chi connectivity index (χ0v) is 19.0. The van der Waals surface area contributed by atoms with Gasteiger partial charge in [-0.3, -0.25) is 4.99 Å². The summed E-state index contributed by atoms with van der Waals surface area (Å²) in [6.45, 7) is 3.75. The lowest BCUT2D eigenvalue weighted by atomic mass is 10.1. The number of hydrogen-bond acceptors (Lipinski definition) is 4. The van der Waals surface area contributed by atoms with Crippen molar-refractivity contribution in [3.63, 3.8) is 0 Å². The van der Waals surface area contributed by atoms with Gasteiger partial charge in [-0.2, -0.15) is 0 Å². The summed E-state index contributed by atoms with van der Waals surface area (Å²) < 4.78 is 5.98. The van der Waals surface area contributed by atoms with Crippen molar-refractivity contribution in [2.45, 2.75) is 19.6 Å². The van der Waals surface area contributed by atoms with E-state index in [0.717, 1.165) is 33.0 Å². The van der Waals surface area contributed by atoms with Gasteiger partial charge < -0.3 is 20.1 Å². The molecule has 0 aliphatic heterocycles. The van der Waals surface area contributed by atoms with Crippen LogP contribution in [0.15, 0.2) is 41.4 Å². The first-order valence-corrected chi connectivity index (χ1v) is 9.28. The number of nitrogens with one attached hydrogen (secondary N) is 1. The van der Waals surface area contributed by atoms with Gasteiger partial charge in [-0.15, -0.1) is 35.3 Å². The minimum atomic E-state index is -0.687. The van der Waals surface area contributed by atoms with Crippen LogP contribution in [0.4, 0.5) is 0 Å². The Hall–Kier alpha value is -1.03. The minimum absolute atomic E-state index is 0. The van der Waals surface area contributed by atoms with Crippen molar-refractivity contribution < 1.29 is 9.84 Å². The summed E-state index contributed by atoms with van der Waals surface area (Å²) in [4.78, 5) is 7.74. The number of ether oxygens (including phenoxy) is 1. The molecule has 0 aliphatic rings. The summed E-state index contributed by atoms with van der Waals surface area (Å²) in [5, 5.41) is 13.7. The van der Waals surface area contributed by atoms with Crippen LogP contribution in [0.5, 0.6) is 5.75 Å². The molecule has 0 fully saturated rings. The highest BCUT2D eigenvalue weighted by Gasteiger charge is 2.11. The fourth-order valence-electron chi connectivity index (χ4n) is 2.34. The predicted octanol–water partition coefficient (Wildman–Crippen LogP) is 4.16. The highest BCUT2D eigenvalue weighted by Crippen LogP contribution is 2.22. The highest BCUT2D eigenvalue weighted by atomic mass is 127. The lowest BCUT2D eigenvalue weighted by molar-refractivity contribution is 0.186. The van der Waals surface area contributed by atoms with Crippen LogP contribution >= 0.6 is 46.9 Å². The SMILES string of the molecule is CCNC(=NCC(O)c1cccc(OC)c1)N(C)Cc1ccc(Cl)s1.I. The van der Waals surface area contributed by atoms with Crippen LogP contribution in [0.25, 0.3) is 0 Å². The lowest BCUT2D eigenvalue weighted by Gasteiger charge is -2.22. The zero-order valence-electron chi connectivity index (χ0n) is 15.1. The van der Waals surface area contributed by atoms with Crippen molar-refractivity contribution >= 4 is 52.9 Å². The fourth-order valence-corrected chi connectivity index (χ4v) is 3.48. The molecule has 1 aromatic carbocycles. The Morgan fingerprint density at radius 2 is 2.15 bits per heavy atom. The smallest absolute Gasteiger partial charge is 0.194 e. The first kappa shape index (κ1) is 23.0. The number of aliphatic hydroxyl groups is 1. The van der Waals surface area contributed by atoms with Gasteiger partial charge in [0.25, 0.3) is 0 Å². The van der Waals surface area contributed by atoms with E-state index < -0.39 is 6.10 Å². The van der Waals surface area contributed by atoms with Crippen molar-refractivity contribution in [1.29, 1.82) is 0 Å². The normalized spacial score (nSPS) is 12.3. The number of aliphatic hydroxyl groups excluding tert-OH is 1. The highest BCUT2D eigenvalue weighted by molar-refractivity contribution is 14.0. The van der Waals surface area contributed by atoms with Crippen LogP contribution in [0.2, 0.25) is 4.34 Å². The third-order valence-corrected chi connectivity index (χ3v) is 4.83. The monoisotopic (exact) mass is 509 g/mol. The van der Waals surface area contributed by atoms with E-state index in [2.05, 4.69) is 10.3 Å². The van der Waals surface area contributed by atoms with Crippen LogP contribution in [-0.4, -0.2) is 43.2 Å². The molecule has 2 aromatic rings. The summed E-state index contributed by atoms with van der Waals surface area (Å²) in [6.07, 6.45) is -0.687. The number of aliphatic imine (C=N–C) groups is 1. The average molecular weight is 510 g/mol. The summed E-state index contributed by atoms with van der Waals surface area (Å²) in [6, 6.07) is 11.3. The Bertz CT molecular complexity index is 711. The molecule has 144 valence electrons. The Morgan fingerprint density at radius 3 is 2.77 bits per heavy atom. The second-order valence-electron chi connectivity index (χ2n) is 5.55. The van der Waals surface area contributed by atoms with Gasteiger partial charge in [-0.1, -0.05) is 23.7 Å². The fraction of sp³-hybridized carbons (Fsp3) is 0.389. The largest absolute Gasteiger partial charge is 0.497 e. The molecule has 5 nitrogen and oxygen atoms in total. The van der Waals surface area contributed by atoms with Gasteiger partial charge in [-0.05, 0) is 36.8 Å². The van der Waals surface area contributed by atoms with Crippen molar-refractivity contribution in [2.75, 3.05) is 27.2 Å². The molecule has 1 unspecified atom stereocenters. The molecule has 1 atom stereocenters. The van der Waals surface area contributed by atoms with E-state index in [1.807, 2.05) is 55.3 Å². The standard InChI is InChI=1S/C18H24ClN3O2S.HI/c1-4-20-18(22(2)12-15-8-9-17(19)25-15)21-11-16(23)13-6-5-7-14(10-13)24-3;/h5-10,16,23H,4,11-12H2,1-3H3,(H,20,21);1H. The van der Waals surface area contributed by atoms with Crippen LogP contribution in [0.3, 0.4) is 0 Å². The first-order valence-electron chi connectivity index (χ1n) is 8.09. The molecule has 2 rings (SSSR count). The van der Waals surface area contributed by atoms with Gasteiger partial charge in [0.1, 0.15) is 5.75 Å². The number of hydrogen-bond donors (Lipinski definition) is 2. The maximum absolute atomic E-state index is 10.4. The predicted molar refractivity (Wildman–Crippen MR) is 120 cm³/mol. The molecular formula is C18H25ClIN3O2S. The van der Waals surface area contributed by atoms with Crippen LogP contribution in [-0.2, 0) is 6.54 Å². The Kier molecular flexibility index (Phi) is 10.3. The summed E-state index contributed by atoms with van der Waals surface area (Å²) in [7, 11) is 3.58. The third kappa shape index (κ3) is 6.94. The van der Waals surface area contributed by atoms with Gasteiger partial charge in [0, 0.05) is 18.5 Å². The topological polar surface area (TPSA) is 57.1 Å². The minimum Gasteiger partial charge on any atom is -0.497 e. The summed E-state index contributed by atoms with van der Waals surface area (Å²) in [5.41, 5.74) is 0.784. The van der Waals surface area contributed by atoms with Gasteiger partial charge in [0.05, 0.1) is 30.6 Å². The molecule has 1 heterocycles. The molecule has 8 heteroatoms. The molecule has 0 saturated carbocycles. The molecular weight excluding hydrogens is 485 g/mol. The number of nitrogens with zero attached hydrogens (tertiary/aromatic N) is 2. The molecule has 0 saturated heterocycles. The molecule has 0 radical (unpaired) electrons. The van der Waals surface area contributed by atoms with E-state index >= 15 is 0 Å². The number of benzene rings is 1. The average Bonchev–Trinajstić information content (AvgIpc) is 3.03. The van der Waals surface area contributed by atoms with Crippen molar-refractivity contribution in [2.24, 2.45) is 4.99 Å². The van der Waals surface area contributed by atoms with E-state index in [4.69, 9.17) is 16.3 Å². The quantitative estimate of drug-likeness (QED) is 0.334. The van der Waals surface area contributed by atoms with Crippen molar-refractivity contribution in [1.82, 2.24) is 10.2 Å². The Morgan fingerprint density at radius 1 is 1.38 bits per heavy atom. The number of guanidine groups is 1. The first-order chi connectivity index (χ1) is 12.0. The number of methoxy groups -OCH3 is 1. The van der Waals surface area contributed by atoms with Crippen molar-refractivity contribution in [3.8, 4) is 5.75 Å². The Labute approximate surface area is 181 Å². The molecule has 2 N–H and O–H groups in total. The molecule has 0 spiro atoms. The molecule has 1 aromatic heterocycles. The van der Waals surface area contributed by atoms with E-state index in [1.54, 1.807) is 18.4 Å². The van der Waals surface area contributed by atoms with Gasteiger partial charge in [0.15, 0.2) is 5.96 Å². The molecule has 0 bridgehead atoms. The van der Waals surface area contributed by atoms with Gasteiger partial charge in [-0.25, -0.2) is 0 Å². The van der Waals surface area contributed by atoms with Crippen molar-refractivity contribution in [3.05, 3.63) is 51.2 Å². The van der Waals surface area contributed by atoms with E-state index in [-0.39, 0.29) is 30.5 Å². The summed E-state index contributed by atoms with van der Waals surface area (Å²) in [5.74, 6) is 1.47. The maximum Gasteiger partial charge on any atom is 0.194 e. The molecule has 0 amide bonds.